The maximum Gasteiger partial charge on any atom is 0.405 e. The van der Waals surface area contributed by atoms with Crippen molar-refractivity contribution in [2.24, 2.45) is 5.41 Å². The lowest BCUT2D eigenvalue weighted by atomic mass is 9.72. The summed E-state index contributed by atoms with van der Waals surface area (Å²) < 4.78 is 0. The summed E-state index contributed by atoms with van der Waals surface area (Å²) in [6, 6.07) is 0. The maximum atomic E-state index is 10.6. The normalized spacial score (nSPS) is 21.0. The van der Waals surface area contributed by atoms with E-state index in [0.717, 1.165) is 32.4 Å². The van der Waals surface area contributed by atoms with Gasteiger partial charge in [-0.3, -0.25) is 0 Å². The van der Waals surface area contributed by atoms with Crippen molar-refractivity contribution in [1.29, 1.82) is 0 Å². The summed E-state index contributed by atoms with van der Waals surface area (Å²) in [7, 11) is 0. The Labute approximate surface area is 91.4 Å². The second-order valence-electron chi connectivity index (χ2n) is 5.55. The summed E-state index contributed by atoms with van der Waals surface area (Å²) in [4.78, 5) is 10.6. The zero-order chi connectivity index (χ0) is 11.5. The average molecular weight is 214 g/mol. The summed E-state index contributed by atoms with van der Waals surface area (Å²) in [5, 5.41) is 14.7. The lowest BCUT2D eigenvalue weighted by molar-refractivity contribution is 0.139. The van der Waals surface area contributed by atoms with Gasteiger partial charge in [-0.15, -0.1) is 0 Å². The average Bonchev–Trinajstić information content (AvgIpc) is 1.99. The molecule has 88 valence electrons. The second-order valence-corrected chi connectivity index (χ2v) is 5.55. The SMILES string of the molecule is CC1(CC(C)(C)NC(=O)O)CCNCC1. The molecule has 1 rings (SSSR count). The van der Waals surface area contributed by atoms with Crippen LogP contribution in [0.15, 0.2) is 0 Å². The highest BCUT2D eigenvalue weighted by Crippen LogP contribution is 2.36. The van der Waals surface area contributed by atoms with Crippen molar-refractivity contribution in [2.75, 3.05) is 13.1 Å². The Morgan fingerprint density at radius 1 is 1.47 bits per heavy atom. The van der Waals surface area contributed by atoms with Crippen LogP contribution in [0.1, 0.15) is 40.0 Å². The topological polar surface area (TPSA) is 61.4 Å². The molecule has 3 N–H and O–H groups in total. The van der Waals surface area contributed by atoms with E-state index in [2.05, 4.69) is 17.6 Å². The summed E-state index contributed by atoms with van der Waals surface area (Å²) in [6.45, 7) is 8.24. The fourth-order valence-corrected chi connectivity index (χ4v) is 2.61. The van der Waals surface area contributed by atoms with Crippen molar-refractivity contribution < 1.29 is 9.90 Å². The zero-order valence-electron chi connectivity index (χ0n) is 9.89. The Hall–Kier alpha value is -0.770. The lowest BCUT2D eigenvalue weighted by Gasteiger charge is -2.40. The molecule has 15 heavy (non-hydrogen) atoms. The largest absolute Gasteiger partial charge is 0.465 e. The van der Waals surface area contributed by atoms with Gasteiger partial charge in [0.2, 0.25) is 0 Å². The highest BCUT2D eigenvalue weighted by molar-refractivity contribution is 5.65. The smallest absolute Gasteiger partial charge is 0.405 e. The van der Waals surface area contributed by atoms with Crippen molar-refractivity contribution in [3.63, 3.8) is 0 Å². The van der Waals surface area contributed by atoms with E-state index < -0.39 is 6.09 Å². The molecule has 0 aromatic carbocycles. The van der Waals surface area contributed by atoms with Gasteiger partial charge in [-0.05, 0) is 51.6 Å². The molecule has 0 saturated carbocycles. The van der Waals surface area contributed by atoms with Gasteiger partial charge in [0.15, 0.2) is 0 Å². The minimum absolute atomic E-state index is 0.261. The Morgan fingerprint density at radius 3 is 2.47 bits per heavy atom. The van der Waals surface area contributed by atoms with Gasteiger partial charge in [0.05, 0.1) is 0 Å². The third kappa shape index (κ3) is 4.08. The molecule has 0 aromatic heterocycles. The molecule has 0 bridgehead atoms. The van der Waals surface area contributed by atoms with E-state index in [1.165, 1.54) is 0 Å². The van der Waals surface area contributed by atoms with Crippen LogP contribution in [0.4, 0.5) is 4.79 Å². The third-order valence-corrected chi connectivity index (χ3v) is 3.12. The van der Waals surface area contributed by atoms with Crippen LogP contribution < -0.4 is 10.6 Å². The van der Waals surface area contributed by atoms with Crippen LogP contribution in [0.25, 0.3) is 0 Å². The number of hydrogen-bond acceptors (Lipinski definition) is 2. The fraction of sp³-hybridized carbons (Fsp3) is 0.909. The van der Waals surface area contributed by atoms with Crippen LogP contribution in [0.3, 0.4) is 0 Å². The van der Waals surface area contributed by atoms with Crippen LogP contribution in [0, 0.1) is 5.41 Å². The summed E-state index contributed by atoms with van der Waals surface area (Å²) in [6.07, 6.45) is 2.21. The molecule has 0 atom stereocenters. The Morgan fingerprint density at radius 2 is 2.00 bits per heavy atom. The van der Waals surface area contributed by atoms with Crippen LogP contribution in [-0.4, -0.2) is 29.8 Å². The Balaban J connectivity index is 2.54. The molecule has 0 aliphatic carbocycles. The van der Waals surface area contributed by atoms with Gasteiger partial charge in [-0.2, -0.15) is 0 Å². The van der Waals surface area contributed by atoms with E-state index in [1.54, 1.807) is 0 Å². The maximum absolute atomic E-state index is 10.6. The molecule has 4 heteroatoms. The van der Waals surface area contributed by atoms with Gasteiger partial charge >= 0.3 is 6.09 Å². The van der Waals surface area contributed by atoms with Crippen molar-refractivity contribution >= 4 is 6.09 Å². The number of piperidine rings is 1. The molecule has 0 radical (unpaired) electrons. The number of carboxylic acid groups (broad SMARTS) is 1. The summed E-state index contributed by atoms with van der Waals surface area (Å²) >= 11 is 0. The highest BCUT2D eigenvalue weighted by Gasteiger charge is 2.34. The number of amides is 1. The molecular formula is C11H22N2O2. The number of rotatable bonds is 3. The first-order valence-corrected chi connectivity index (χ1v) is 5.55. The van der Waals surface area contributed by atoms with Gasteiger partial charge in [0.25, 0.3) is 0 Å². The third-order valence-electron chi connectivity index (χ3n) is 3.12. The van der Waals surface area contributed by atoms with Crippen molar-refractivity contribution in [3.8, 4) is 0 Å². The van der Waals surface area contributed by atoms with E-state index in [-0.39, 0.29) is 11.0 Å². The van der Waals surface area contributed by atoms with E-state index >= 15 is 0 Å². The van der Waals surface area contributed by atoms with E-state index in [4.69, 9.17) is 5.11 Å². The first kappa shape index (κ1) is 12.3. The minimum Gasteiger partial charge on any atom is -0.465 e. The van der Waals surface area contributed by atoms with Crippen molar-refractivity contribution in [3.05, 3.63) is 0 Å². The van der Waals surface area contributed by atoms with Crippen LogP contribution in [0.5, 0.6) is 0 Å². The first-order valence-electron chi connectivity index (χ1n) is 5.55. The molecule has 0 aromatic rings. The molecule has 0 spiro atoms. The van der Waals surface area contributed by atoms with Gasteiger partial charge in [-0.25, -0.2) is 4.79 Å². The number of hydrogen-bond donors (Lipinski definition) is 3. The van der Waals surface area contributed by atoms with Gasteiger partial charge in [0.1, 0.15) is 0 Å². The number of carbonyl (C=O) groups is 1. The highest BCUT2D eigenvalue weighted by atomic mass is 16.4. The summed E-state index contributed by atoms with van der Waals surface area (Å²) in [5.74, 6) is 0. The van der Waals surface area contributed by atoms with Crippen LogP contribution >= 0.6 is 0 Å². The Bertz CT molecular complexity index is 233. The summed E-state index contributed by atoms with van der Waals surface area (Å²) in [5.41, 5.74) is -0.0743. The predicted molar refractivity (Wildman–Crippen MR) is 60.1 cm³/mol. The van der Waals surface area contributed by atoms with Crippen molar-refractivity contribution in [1.82, 2.24) is 10.6 Å². The second kappa shape index (κ2) is 4.39. The lowest BCUT2D eigenvalue weighted by Crippen LogP contribution is -2.48. The molecule has 1 fully saturated rings. The van der Waals surface area contributed by atoms with Crippen LogP contribution in [0.2, 0.25) is 0 Å². The Kier molecular flexibility index (Phi) is 3.60. The quantitative estimate of drug-likeness (QED) is 0.671. The molecule has 1 aliphatic heterocycles. The van der Waals surface area contributed by atoms with E-state index in [0.29, 0.717) is 0 Å². The van der Waals surface area contributed by atoms with Crippen molar-refractivity contribution in [2.45, 2.75) is 45.6 Å². The molecule has 1 aliphatic rings. The molecule has 0 unspecified atom stereocenters. The van der Waals surface area contributed by atoms with Gasteiger partial charge < -0.3 is 15.7 Å². The predicted octanol–water partition coefficient (Wildman–Crippen LogP) is 1.81. The fourth-order valence-electron chi connectivity index (χ4n) is 2.61. The standard InChI is InChI=1S/C11H22N2O2/c1-10(2,13-9(14)15)8-11(3)4-6-12-7-5-11/h12-13H,4-8H2,1-3H3,(H,14,15). The monoisotopic (exact) mass is 214 g/mol. The van der Waals surface area contributed by atoms with E-state index in [1.807, 2.05) is 13.8 Å². The van der Waals surface area contributed by atoms with Gasteiger partial charge in [-0.1, -0.05) is 6.92 Å². The van der Waals surface area contributed by atoms with E-state index in [9.17, 15) is 4.79 Å². The van der Waals surface area contributed by atoms with Crippen LogP contribution in [-0.2, 0) is 0 Å². The molecule has 1 amide bonds. The zero-order valence-corrected chi connectivity index (χ0v) is 9.89. The molecular weight excluding hydrogens is 192 g/mol. The number of nitrogens with one attached hydrogen (secondary N) is 2. The molecule has 1 heterocycles. The molecule has 1 saturated heterocycles. The molecule has 4 nitrogen and oxygen atoms in total. The van der Waals surface area contributed by atoms with Gasteiger partial charge in [0, 0.05) is 5.54 Å². The first-order chi connectivity index (χ1) is 6.83. The minimum atomic E-state index is -0.933.